The number of nitrogens with zero attached hydrogens (tertiary/aromatic N) is 3. The molecule has 0 spiro atoms. The van der Waals surface area contributed by atoms with Crippen LogP contribution in [0.5, 0.6) is 5.75 Å². The van der Waals surface area contributed by atoms with Gasteiger partial charge in [0.1, 0.15) is 5.75 Å². The van der Waals surface area contributed by atoms with Crippen molar-refractivity contribution >= 4 is 16.8 Å². The van der Waals surface area contributed by atoms with Crippen molar-refractivity contribution in [1.29, 1.82) is 0 Å². The lowest BCUT2D eigenvalue weighted by atomic mass is 10.2. The summed E-state index contributed by atoms with van der Waals surface area (Å²) < 4.78 is 12.8. The molecule has 7 nitrogen and oxygen atoms in total. The molecule has 7 heteroatoms. The molecule has 2 heterocycles. The van der Waals surface area contributed by atoms with E-state index in [-0.39, 0.29) is 19.1 Å². The van der Waals surface area contributed by atoms with Gasteiger partial charge in [-0.15, -0.1) is 0 Å². The average molecular weight is 328 g/mol. The van der Waals surface area contributed by atoms with E-state index in [1.54, 1.807) is 6.92 Å². The highest BCUT2D eigenvalue weighted by molar-refractivity contribution is 5.87. The fourth-order valence-electron chi connectivity index (χ4n) is 2.52. The summed E-state index contributed by atoms with van der Waals surface area (Å²) in [6.45, 7) is 6.09. The molecule has 2 aromatic heterocycles. The van der Waals surface area contributed by atoms with Crippen molar-refractivity contribution in [2.24, 2.45) is 0 Å². The van der Waals surface area contributed by atoms with Crippen LogP contribution < -0.4 is 10.1 Å². The predicted molar refractivity (Wildman–Crippen MR) is 88.7 cm³/mol. The van der Waals surface area contributed by atoms with Crippen molar-refractivity contribution in [2.45, 2.75) is 33.4 Å². The predicted octanol–water partition coefficient (Wildman–Crippen LogP) is 2.61. The molecule has 0 radical (unpaired) electrons. The summed E-state index contributed by atoms with van der Waals surface area (Å²) in [5, 5.41) is 7.35. The van der Waals surface area contributed by atoms with Gasteiger partial charge in [-0.2, -0.15) is 4.98 Å². The van der Waals surface area contributed by atoms with E-state index in [1.807, 2.05) is 30.5 Å². The summed E-state index contributed by atoms with van der Waals surface area (Å²) in [5.74, 6) is 1.36. The fraction of sp³-hybridized carbons (Fsp3) is 0.353. The minimum absolute atomic E-state index is 0.0703. The number of hydrogen-bond acceptors (Lipinski definition) is 5. The lowest BCUT2D eigenvalue weighted by Crippen LogP contribution is -2.28. The lowest BCUT2D eigenvalue weighted by molar-refractivity contribution is -0.123. The first-order valence-corrected chi connectivity index (χ1v) is 7.83. The van der Waals surface area contributed by atoms with Crippen molar-refractivity contribution in [3.05, 3.63) is 42.2 Å². The molecule has 0 saturated heterocycles. The van der Waals surface area contributed by atoms with E-state index in [2.05, 4.69) is 33.9 Å². The largest absolute Gasteiger partial charge is 0.483 e. The van der Waals surface area contributed by atoms with Gasteiger partial charge in [0.25, 0.3) is 5.91 Å². The van der Waals surface area contributed by atoms with Gasteiger partial charge in [0.2, 0.25) is 5.89 Å². The Morgan fingerprint density at radius 3 is 2.92 bits per heavy atom. The van der Waals surface area contributed by atoms with Gasteiger partial charge in [-0.1, -0.05) is 11.2 Å². The van der Waals surface area contributed by atoms with Crippen LogP contribution in [-0.4, -0.2) is 27.2 Å². The molecule has 0 aliphatic heterocycles. The van der Waals surface area contributed by atoms with E-state index in [1.165, 1.54) is 0 Å². The molecule has 1 amide bonds. The fourth-order valence-corrected chi connectivity index (χ4v) is 2.52. The third-order valence-corrected chi connectivity index (χ3v) is 3.64. The minimum atomic E-state index is -0.244. The second-order valence-corrected chi connectivity index (χ2v) is 5.81. The number of hydrogen-bond donors (Lipinski definition) is 1. The molecule has 1 N–H and O–H groups in total. The van der Waals surface area contributed by atoms with Crippen LogP contribution in [-0.2, 0) is 11.3 Å². The average Bonchev–Trinajstić information content (AvgIpc) is 3.17. The number of carbonyl (C=O) groups is 1. The van der Waals surface area contributed by atoms with Crippen LogP contribution in [0.15, 0.2) is 35.0 Å². The van der Waals surface area contributed by atoms with E-state index in [9.17, 15) is 4.79 Å². The second kappa shape index (κ2) is 6.74. The first-order valence-electron chi connectivity index (χ1n) is 7.83. The number of ether oxygens (including phenoxy) is 1. The molecule has 0 aliphatic rings. The Bertz CT molecular complexity index is 851. The molecule has 0 bridgehead atoms. The van der Waals surface area contributed by atoms with Crippen LogP contribution >= 0.6 is 0 Å². The van der Waals surface area contributed by atoms with Gasteiger partial charge >= 0.3 is 0 Å². The van der Waals surface area contributed by atoms with Gasteiger partial charge in [0.05, 0.1) is 12.1 Å². The van der Waals surface area contributed by atoms with Crippen LogP contribution in [0, 0.1) is 6.92 Å². The van der Waals surface area contributed by atoms with Crippen molar-refractivity contribution in [2.75, 3.05) is 6.61 Å². The maximum Gasteiger partial charge on any atom is 0.258 e. The second-order valence-electron chi connectivity index (χ2n) is 5.81. The summed E-state index contributed by atoms with van der Waals surface area (Å²) in [4.78, 5) is 15.9. The Hall–Kier alpha value is -2.83. The summed E-state index contributed by atoms with van der Waals surface area (Å²) in [5.41, 5.74) is 1.09. The molecule has 0 unspecified atom stereocenters. The number of rotatable bonds is 6. The van der Waals surface area contributed by atoms with E-state index in [0.717, 1.165) is 10.9 Å². The summed E-state index contributed by atoms with van der Waals surface area (Å²) in [6, 6.07) is 8.19. The number of fused-ring (bicyclic) bond motifs is 1. The molecular weight excluding hydrogens is 308 g/mol. The number of aromatic nitrogens is 3. The van der Waals surface area contributed by atoms with E-state index < -0.39 is 0 Å². The highest BCUT2D eigenvalue weighted by Gasteiger charge is 2.11. The first-order chi connectivity index (χ1) is 11.5. The zero-order valence-corrected chi connectivity index (χ0v) is 13.9. The SMILES string of the molecule is Cc1noc(CNC(=O)COc2cccc3c2ccn3C(C)C)n1. The molecule has 3 rings (SSSR count). The smallest absolute Gasteiger partial charge is 0.258 e. The molecule has 3 aromatic rings. The molecule has 0 atom stereocenters. The first kappa shape index (κ1) is 16.0. The quantitative estimate of drug-likeness (QED) is 0.752. The molecule has 24 heavy (non-hydrogen) atoms. The summed E-state index contributed by atoms with van der Waals surface area (Å²) in [6.07, 6.45) is 2.03. The monoisotopic (exact) mass is 328 g/mol. The Morgan fingerprint density at radius 2 is 2.21 bits per heavy atom. The number of carbonyl (C=O) groups excluding carboxylic acids is 1. The van der Waals surface area contributed by atoms with E-state index >= 15 is 0 Å². The Morgan fingerprint density at radius 1 is 1.38 bits per heavy atom. The molecule has 1 aromatic carbocycles. The zero-order chi connectivity index (χ0) is 17.1. The van der Waals surface area contributed by atoms with Gasteiger partial charge in [-0.3, -0.25) is 4.79 Å². The van der Waals surface area contributed by atoms with E-state index in [4.69, 9.17) is 9.26 Å². The van der Waals surface area contributed by atoms with Gasteiger partial charge < -0.3 is 19.1 Å². The summed E-state index contributed by atoms with van der Waals surface area (Å²) >= 11 is 0. The van der Waals surface area contributed by atoms with Gasteiger partial charge in [0, 0.05) is 17.6 Å². The maximum absolute atomic E-state index is 11.9. The minimum Gasteiger partial charge on any atom is -0.483 e. The number of aryl methyl sites for hydroxylation is 1. The normalized spacial score (nSPS) is 11.2. The van der Waals surface area contributed by atoms with Crippen molar-refractivity contribution in [3.8, 4) is 5.75 Å². The van der Waals surface area contributed by atoms with Gasteiger partial charge in [0.15, 0.2) is 12.4 Å². The van der Waals surface area contributed by atoms with Crippen LogP contribution in [0.4, 0.5) is 0 Å². The van der Waals surface area contributed by atoms with Crippen LogP contribution in [0.2, 0.25) is 0 Å². The highest BCUT2D eigenvalue weighted by atomic mass is 16.5. The van der Waals surface area contributed by atoms with Gasteiger partial charge in [-0.05, 0) is 39.0 Å². The lowest BCUT2D eigenvalue weighted by Gasteiger charge is -2.11. The van der Waals surface area contributed by atoms with Crippen LogP contribution in [0.25, 0.3) is 10.9 Å². The van der Waals surface area contributed by atoms with E-state index in [0.29, 0.717) is 23.5 Å². The third-order valence-electron chi connectivity index (χ3n) is 3.64. The van der Waals surface area contributed by atoms with Crippen molar-refractivity contribution < 1.29 is 14.1 Å². The Labute approximate surface area is 139 Å². The highest BCUT2D eigenvalue weighted by Crippen LogP contribution is 2.28. The molecule has 0 fully saturated rings. The standard InChI is InChI=1S/C17H20N4O3/c1-11(2)21-8-7-13-14(21)5-4-6-15(13)23-10-16(22)18-9-17-19-12(3)20-24-17/h4-8,11H,9-10H2,1-3H3,(H,18,22). The Kier molecular flexibility index (Phi) is 4.50. The molecule has 0 saturated carbocycles. The van der Waals surface area contributed by atoms with Crippen molar-refractivity contribution in [1.82, 2.24) is 20.0 Å². The summed E-state index contributed by atoms with van der Waals surface area (Å²) in [7, 11) is 0. The molecule has 0 aliphatic carbocycles. The molecular formula is C17H20N4O3. The van der Waals surface area contributed by atoms with Crippen molar-refractivity contribution in [3.63, 3.8) is 0 Å². The number of amides is 1. The topological polar surface area (TPSA) is 82.2 Å². The number of benzene rings is 1. The maximum atomic E-state index is 11.9. The number of nitrogens with one attached hydrogen (secondary N) is 1. The third kappa shape index (κ3) is 3.40. The van der Waals surface area contributed by atoms with Gasteiger partial charge in [-0.25, -0.2) is 0 Å². The van der Waals surface area contributed by atoms with Crippen LogP contribution in [0.3, 0.4) is 0 Å². The van der Waals surface area contributed by atoms with Crippen LogP contribution in [0.1, 0.15) is 31.6 Å². The molecule has 126 valence electrons. The Balaban J connectivity index is 1.62. The zero-order valence-electron chi connectivity index (χ0n) is 13.9.